The minimum Gasteiger partial charge on any atom is -0.381 e. The Morgan fingerprint density at radius 3 is 2.39 bits per heavy atom. The molecule has 5 rings (SSSR count). The van der Waals surface area contributed by atoms with Crippen molar-refractivity contribution in [3.8, 4) is 11.8 Å². The maximum absolute atomic E-state index is 11.5. The van der Waals surface area contributed by atoms with Gasteiger partial charge in [0.2, 0.25) is 0 Å². The zero-order chi connectivity index (χ0) is 23.4. The molecule has 0 aliphatic heterocycles. The molecule has 4 aliphatic carbocycles. The Bertz CT molecular complexity index is 970. The van der Waals surface area contributed by atoms with Crippen LogP contribution < -0.4 is 0 Å². The smallest absolute Gasteiger partial charge is 0.159 e. The lowest BCUT2D eigenvalue weighted by atomic mass is 9.44. The summed E-state index contributed by atoms with van der Waals surface area (Å²) in [6.07, 6.45) is 10.8. The number of ketones is 1. The molecule has 4 fully saturated rings. The van der Waals surface area contributed by atoms with E-state index in [0.717, 1.165) is 42.6 Å². The van der Waals surface area contributed by atoms with E-state index in [1.54, 1.807) is 6.92 Å². The van der Waals surface area contributed by atoms with E-state index < -0.39 is 5.60 Å². The molecule has 0 heterocycles. The highest BCUT2D eigenvalue weighted by Gasteiger charge is 2.61. The molecule has 0 bridgehead atoms. The monoisotopic (exact) mass is 448 g/mol. The van der Waals surface area contributed by atoms with Crippen molar-refractivity contribution in [2.75, 3.05) is 7.11 Å². The van der Waals surface area contributed by atoms with Gasteiger partial charge >= 0.3 is 0 Å². The Labute approximate surface area is 199 Å². The van der Waals surface area contributed by atoms with Gasteiger partial charge in [-0.3, -0.25) is 4.79 Å². The van der Waals surface area contributed by atoms with E-state index in [4.69, 9.17) is 4.74 Å². The number of aliphatic hydroxyl groups is 1. The lowest BCUT2D eigenvalue weighted by Crippen LogP contribution is -2.56. The van der Waals surface area contributed by atoms with Crippen molar-refractivity contribution in [2.24, 2.45) is 34.5 Å². The Morgan fingerprint density at radius 2 is 1.70 bits per heavy atom. The summed E-state index contributed by atoms with van der Waals surface area (Å²) in [6.45, 7) is 6.61. The number of carbonyl (C=O) groups is 1. The first-order chi connectivity index (χ1) is 15.7. The van der Waals surface area contributed by atoms with E-state index >= 15 is 0 Å². The Balaban J connectivity index is 1.32. The molecule has 4 aliphatic rings. The molecule has 3 heteroatoms. The third-order valence-electron chi connectivity index (χ3n) is 10.7. The maximum Gasteiger partial charge on any atom is 0.159 e. The van der Waals surface area contributed by atoms with Gasteiger partial charge in [0.25, 0.3) is 0 Å². The number of carbonyl (C=O) groups excluding carboxylic acids is 1. The second-order valence-corrected chi connectivity index (χ2v) is 12.1. The predicted molar refractivity (Wildman–Crippen MR) is 131 cm³/mol. The summed E-state index contributed by atoms with van der Waals surface area (Å²) in [4.78, 5) is 11.5. The first-order valence-corrected chi connectivity index (χ1v) is 13.1. The second kappa shape index (κ2) is 8.24. The highest BCUT2D eigenvalue weighted by atomic mass is 16.5. The van der Waals surface area contributed by atoms with Gasteiger partial charge in [0.1, 0.15) is 5.60 Å². The van der Waals surface area contributed by atoms with Gasteiger partial charge in [-0.2, -0.15) is 0 Å². The first-order valence-electron chi connectivity index (χ1n) is 13.1. The third kappa shape index (κ3) is 3.78. The van der Waals surface area contributed by atoms with Gasteiger partial charge < -0.3 is 9.84 Å². The SMILES string of the molecule is CO[C@H]1CC[C@H]2[C@@H]3CC[C@@H]4C[C@@](O)(C#Cc5ccc(C(C)=O)cc5)CC[C@]4(C)[C@H]3CC[C@]12C. The largest absolute Gasteiger partial charge is 0.381 e. The van der Waals surface area contributed by atoms with Crippen molar-refractivity contribution in [1.29, 1.82) is 0 Å². The predicted octanol–water partition coefficient (Wildman–Crippen LogP) is 6.03. The fourth-order valence-electron chi connectivity index (χ4n) is 8.67. The van der Waals surface area contributed by atoms with Crippen LogP contribution in [-0.4, -0.2) is 29.7 Å². The quantitative estimate of drug-likeness (QED) is 0.444. The summed E-state index contributed by atoms with van der Waals surface area (Å²) in [5, 5.41) is 11.4. The number of Topliss-reactive ketones (excluding diaryl/α,β-unsaturated/α-hetero) is 1. The Hall–Kier alpha value is -1.63. The van der Waals surface area contributed by atoms with Crippen molar-refractivity contribution in [1.82, 2.24) is 0 Å². The van der Waals surface area contributed by atoms with Crippen molar-refractivity contribution in [2.45, 2.75) is 90.3 Å². The third-order valence-corrected chi connectivity index (χ3v) is 10.7. The van der Waals surface area contributed by atoms with Crippen LogP contribution in [-0.2, 0) is 4.74 Å². The van der Waals surface area contributed by atoms with Crippen molar-refractivity contribution < 1.29 is 14.6 Å². The van der Waals surface area contributed by atoms with Crippen LogP contribution in [0.2, 0.25) is 0 Å². The lowest BCUT2D eigenvalue weighted by molar-refractivity contribution is -0.146. The molecule has 33 heavy (non-hydrogen) atoms. The summed E-state index contributed by atoms with van der Waals surface area (Å²) in [5.74, 6) is 9.47. The van der Waals surface area contributed by atoms with E-state index in [-0.39, 0.29) is 5.78 Å². The van der Waals surface area contributed by atoms with Gasteiger partial charge in [0.05, 0.1) is 6.10 Å². The van der Waals surface area contributed by atoms with Gasteiger partial charge in [-0.15, -0.1) is 0 Å². The molecule has 0 saturated heterocycles. The van der Waals surface area contributed by atoms with E-state index in [1.807, 2.05) is 31.4 Å². The highest BCUT2D eigenvalue weighted by molar-refractivity contribution is 5.94. The molecule has 0 amide bonds. The van der Waals surface area contributed by atoms with E-state index in [1.165, 1.54) is 38.5 Å². The molecule has 3 nitrogen and oxygen atoms in total. The first kappa shape index (κ1) is 23.1. The molecule has 0 aromatic heterocycles. The van der Waals surface area contributed by atoms with Gasteiger partial charge in [-0.25, -0.2) is 0 Å². The normalized spacial score (nSPS) is 44.1. The summed E-state index contributed by atoms with van der Waals surface area (Å²) in [7, 11) is 1.91. The summed E-state index contributed by atoms with van der Waals surface area (Å²) in [6, 6.07) is 7.42. The standard InChI is InChI=1S/C30H40O3/c1-20(31)22-7-5-21(6-8-22)13-16-30(32)18-17-28(2)23(19-30)9-10-24-25-11-12-27(33-4)29(25,3)15-14-26(24)28/h5-8,23-27,32H,9-12,14-15,17-19H2,1-4H3/t23-,24+,25+,26+,27+,28+,29+,30-/m1/s1. The molecule has 1 aromatic carbocycles. The van der Waals surface area contributed by atoms with Crippen LogP contribution in [0.25, 0.3) is 0 Å². The summed E-state index contributed by atoms with van der Waals surface area (Å²) < 4.78 is 5.94. The fourth-order valence-corrected chi connectivity index (χ4v) is 8.67. The van der Waals surface area contributed by atoms with Crippen molar-refractivity contribution in [3.63, 3.8) is 0 Å². The fraction of sp³-hybridized carbons (Fsp3) is 0.700. The minimum atomic E-state index is -0.895. The molecule has 0 spiro atoms. The number of methoxy groups -OCH3 is 1. The Kier molecular flexibility index (Phi) is 5.78. The number of hydrogen-bond donors (Lipinski definition) is 1. The average Bonchev–Trinajstić information content (AvgIpc) is 3.15. The van der Waals surface area contributed by atoms with Crippen LogP contribution in [0.15, 0.2) is 24.3 Å². The molecule has 178 valence electrons. The summed E-state index contributed by atoms with van der Waals surface area (Å²) in [5.41, 5.74) is 1.36. The topological polar surface area (TPSA) is 46.5 Å². The van der Waals surface area contributed by atoms with Gasteiger partial charge in [0.15, 0.2) is 5.78 Å². The van der Waals surface area contributed by atoms with Crippen LogP contribution in [0.1, 0.15) is 94.5 Å². The zero-order valence-electron chi connectivity index (χ0n) is 20.8. The van der Waals surface area contributed by atoms with Gasteiger partial charge in [-0.05, 0) is 111 Å². The molecular formula is C30H40O3. The molecule has 0 unspecified atom stereocenters. The van der Waals surface area contributed by atoms with Gasteiger partial charge in [-0.1, -0.05) is 37.8 Å². The summed E-state index contributed by atoms with van der Waals surface area (Å²) >= 11 is 0. The number of fused-ring (bicyclic) bond motifs is 5. The molecule has 0 radical (unpaired) electrons. The van der Waals surface area contributed by atoms with Crippen molar-refractivity contribution in [3.05, 3.63) is 35.4 Å². The molecular weight excluding hydrogens is 408 g/mol. The van der Waals surface area contributed by atoms with Gasteiger partial charge in [0, 0.05) is 18.2 Å². The van der Waals surface area contributed by atoms with E-state index in [0.29, 0.717) is 28.4 Å². The number of hydrogen-bond acceptors (Lipinski definition) is 3. The number of ether oxygens (including phenoxy) is 1. The van der Waals surface area contributed by atoms with Crippen LogP contribution in [0.4, 0.5) is 0 Å². The maximum atomic E-state index is 11.5. The zero-order valence-corrected chi connectivity index (χ0v) is 20.8. The van der Waals surface area contributed by atoms with Crippen LogP contribution in [0.3, 0.4) is 0 Å². The van der Waals surface area contributed by atoms with Crippen molar-refractivity contribution >= 4 is 5.78 Å². The molecule has 1 N–H and O–H groups in total. The lowest BCUT2D eigenvalue weighted by Gasteiger charge is -2.61. The number of benzene rings is 1. The number of rotatable bonds is 2. The van der Waals surface area contributed by atoms with E-state index in [9.17, 15) is 9.90 Å². The Morgan fingerprint density at radius 1 is 0.970 bits per heavy atom. The van der Waals surface area contributed by atoms with Crippen LogP contribution in [0, 0.1) is 46.3 Å². The van der Waals surface area contributed by atoms with Crippen LogP contribution >= 0.6 is 0 Å². The molecule has 8 atom stereocenters. The van der Waals surface area contributed by atoms with Crippen LogP contribution in [0.5, 0.6) is 0 Å². The molecule has 4 saturated carbocycles. The molecule has 1 aromatic rings. The second-order valence-electron chi connectivity index (χ2n) is 12.1. The average molecular weight is 449 g/mol. The van der Waals surface area contributed by atoms with E-state index in [2.05, 4.69) is 25.7 Å². The highest BCUT2D eigenvalue weighted by Crippen LogP contribution is 2.67. The minimum absolute atomic E-state index is 0.0636.